The Labute approximate surface area is 138 Å². The van der Waals surface area contributed by atoms with Crippen LogP contribution in [0.3, 0.4) is 0 Å². The molecule has 2 N–H and O–H groups in total. The Kier molecular flexibility index (Phi) is 6.33. The molecular weight excluding hydrogens is 305 g/mol. The number of rotatable bonds is 7. The third-order valence-corrected chi connectivity index (χ3v) is 5.27. The van der Waals surface area contributed by atoms with E-state index in [1.807, 2.05) is 6.07 Å². The second kappa shape index (κ2) is 7.80. The molecule has 0 aromatic heterocycles. The van der Waals surface area contributed by atoms with Gasteiger partial charge in [0.1, 0.15) is 0 Å². The maximum Gasteiger partial charge on any atom is 0.0640 e. The first-order valence-electron chi connectivity index (χ1n) is 7.75. The number of nitrogens with two attached hydrogens (primary N) is 1. The molecule has 5 heteroatoms. The largest absolute Gasteiger partial charge is 0.329 e. The van der Waals surface area contributed by atoms with Gasteiger partial charge >= 0.3 is 0 Å². The summed E-state index contributed by atoms with van der Waals surface area (Å²) in [5.41, 5.74) is 8.38. The number of nitrogens with zero attached hydrogens (tertiary/aromatic N) is 2. The van der Waals surface area contributed by atoms with E-state index < -0.39 is 0 Å². The average Bonchev–Trinajstić information content (AvgIpc) is 2.86. The van der Waals surface area contributed by atoms with Gasteiger partial charge in [-0.3, -0.25) is 4.90 Å². The molecule has 1 atom stereocenters. The third kappa shape index (κ3) is 3.72. The van der Waals surface area contributed by atoms with E-state index in [4.69, 9.17) is 28.9 Å². The van der Waals surface area contributed by atoms with Gasteiger partial charge < -0.3 is 10.6 Å². The van der Waals surface area contributed by atoms with Crippen LogP contribution in [-0.4, -0.2) is 42.5 Å². The molecule has 1 heterocycles. The molecule has 1 aliphatic rings. The zero-order valence-electron chi connectivity index (χ0n) is 12.9. The Balaban J connectivity index is 2.01. The Bertz CT molecular complexity index is 475. The molecule has 1 aromatic carbocycles. The monoisotopic (exact) mass is 329 g/mol. The number of halogens is 2. The fourth-order valence-electron chi connectivity index (χ4n) is 3.14. The van der Waals surface area contributed by atoms with Crippen LogP contribution in [0, 0.1) is 0 Å². The molecule has 1 aromatic rings. The van der Waals surface area contributed by atoms with Gasteiger partial charge in [-0.15, -0.1) is 0 Å². The van der Waals surface area contributed by atoms with Crippen LogP contribution in [0.5, 0.6) is 0 Å². The molecule has 0 spiro atoms. The van der Waals surface area contributed by atoms with Crippen molar-refractivity contribution in [2.45, 2.75) is 32.9 Å². The van der Waals surface area contributed by atoms with Crippen LogP contribution in [0.4, 0.5) is 0 Å². The number of hydrogen-bond donors (Lipinski definition) is 1. The van der Waals surface area contributed by atoms with Crippen LogP contribution < -0.4 is 5.73 Å². The molecule has 2 rings (SSSR count). The average molecular weight is 330 g/mol. The molecule has 0 amide bonds. The van der Waals surface area contributed by atoms with Crippen molar-refractivity contribution in [3.63, 3.8) is 0 Å². The minimum atomic E-state index is 0.270. The van der Waals surface area contributed by atoms with E-state index in [2.05, 4.69) is 29.7 Å². The molecule has 0 bridgehead atoms. The molecule has 0 fully saturated rings. The fourth-order valence-corrected chi connectivity index (χ4v) is 3.55. The van der Waals surface area contributed by atoms with Crippen LogP contribution in [-0.2, 0) is 6.54 Å². The van der Waals surface area contributed by atoms with E-state index in [-0.39, 0.29) is 6.04 Å². The molecule has 1 aliphatic heterocycles. The fraction of sp³-hybridized carbons (Fsp3) is 0.625. The summed E-state index contributed by atoms with van der Waals surface area (Å²) in [6.45, 7) is 10.3. The zero-order chi connectivity index (χ0) is 15.4. The van der Waals surface area contributed by atoms with Crippen molar-refractivity contribution in [3.8, 4) is 0 Å². The van der Waals surface area contributed by atoms with Gasteiger partial charge in [0.2, 0.25) is 0 Å². The molecule has 118 valence electrons. The summed E-state index contributed by atoms with van der Waals surface area (Å²) in [6.07, 6.45) is 1.15. The summed E-state index contributed by atoms with van der Waals surface area (Å²) in [5, 5.41) is 1.33. The zero-order valence-corrected chi connectivity index (χ0v) is 14.4. The van der Waals surface area contributed by atoms with Gasteiger partial charge in [-0.1, -0.05) is 43.1 Å². The van der Waals surface area contributed by atoms with Gasteiger partial charge in [0.05, 0.1) is 10.0 Å². The third-order valence-electron chi connectivity index (χ3n) is 4.43. The molecule has 0 aliphatic carbocycles. The molecule has 3 nitrogen and oxygen atoms in total. The van der Waals surface area contributed by atoms with Gasteiger partial charge in [-0.05, 0) is 43.2 Å². The number of hydrogen-bond acceptors (Lipinski definition) is 3. The minimum Gasteiger partial charge on any atom is -0.329 e. The summed E-state index contributed by atoms with van der Waals surface area (Å²) >= 11 is 12.5. The highest BCUT2D eigenvalue weighted by Crippen LogP contribution is 2.40. The van der Waals surface area contributed by atoms with Crippen molar-refractivity contribution in [1.29, 1.82) is 0 Å². The van der Waals surface area contributed by atoms with E-state index in [1.54, 1.807) is 0 Å². The highest BCUT2D eigenvalue weighted by atomic mass is 35.5. The van der Waals surface area contributed by atoms with Crippen molar-refractivity contribution in [2.75, 3.05) is 32.7 Å². The lowest BCUT2D eigenvalue weighted by atomic mass is 10.1. The first kappa shape index (κ1) is 17.0. The normalized spacial score (nSPS) is 18.5. The first-order valence-corrected chi connectivity index (χ1v) is 8.51. The highest BCUT2D eigenvalue weighted by Gasteiger charge is 2.30. The second-order valence-corrected chi connectivity index (χ2v) is 6.32. The van der Waals surface area contributed by atoms with Crippen molar-refractivity contribution in [3.05, 3.63) is 33.3 Å². The lowest BCUT2D eigenvalue weighted by molar-refractivity contribution is 0.199. The molecule has 0 saturated carbocycles. The maximum atomic E-state index is 6.35. The van der Waals surface area contributed by atoms with Gasteiger partial charge in [-0.2, -0.15) is 0 Å². The smallest absolute Gasteiger partial charge is 0.0640 e. The Morgan fingerprint density at radius 2 is 2.00 bits per heavy atom. The van der Waals surface area contributed by atoms with E-state index >= 15 is 0 Å². The number of benzene rings is 1. The molecule has 0 saturated heterocycles. The molecular formula is C16H25Cl2N3. The summed E-state index contributed by atoms with van der Waals surface area (Å²) in [4.78, 5) is 4.88. The highest BCUT2D eigenvalue weighted by molar-refractivity contribution is 6.42. The van der Waals surface area contributed by atoms with Crippen LogP contribution in [0.15, 0.2) is 12.1 Å². The van der Waals surface area contributed by atoms with Crippen LogP contribution in [0.25, 0.3) is 0 Å². The summed E-state index contributed by atoms with van der Waals surface area (Å²) < 4.78 is 0. The number of fused-ring (bicyclic) bond motifs is 1. The van der Waals surface area contributed by atoms with Gasteiger partial charge in [0.15, 0.2) is 0 Å². The molecule has 1 unspecified atom stereocenters. The first-order chi connectivity index (χ1) is 10.1. The predicted octanol–water partition coefficient (Wildman–Crippen LogP) is 3.54. The molecule has 0 radical (unpaired) electrons. The predicted molar refractivity (Wildman–Crippen MR) is 91.1 cm³/mol. The Hall–Kier alpha value is -0.320. The van der Waals surface area contributed by atoms with Crippen molar-refractivity contribution < 1.29 is 0 Å². The maximum absolute atomic E-state index is 6.35. The van der Waals surface area contributed by atoms with Crippen LogP contribution in [0.1, 0.15) is 37.4 Å². The topological polar surface area (TPSA) is 32.5 Å². The van der Waals surface area contributed by atoms with Gasteiger partial charge in [0, 0.05) is 25.7 Å². The lowest BCUT2D eigenvalue weighted by Gasteiger charge is -2.25. The lowest BCUT2D eigenvalue weighted by Crippen LogP contribution is -2.32. The van der Waals surface area contributed by atoms with E-state index in [1.165, 1.54) is 5.56 Å². The minimum absolute atomic E-state index is 0.270. The van der Waals surface area contributed by atoms with Crippen molar-refractivity contribution in [1.82, 2.24) is 9.80 Å². The molecule has 21 heavy (non-hydrogen) atoms. The van der Waals surface area contributed by atoms with E-state index in [9.17, 15) is 0 Å². The standard InChI is InChI=1S/C16H25Cl2N3/c1-3-20(4-2)8-5-9-21-11-13-12(15(21)10-19)6-7-14(17)16(13)18/h6-7,15H,3-5,8-11,19H2,1-2H3. The van der Waals surface area contributed by atoms with Gasteiger partial charge in [-0.25, -0.2) is 0 Å². The van der Waals surface area contributed by atoms with Gasteiger partial charge in [0.25, 0.3) is 0 Å². The van der Waals surface area contributed by atoms with Crippen molar-refractivity contribution in [2.24, 2.45) is 5.73 Å². The summed E-state index contributed by atoms with van der Waals surface area (Å²) in [5.74, 6) is 0. The van der Waals surface area contributed by atoms with Crippen molar-refractivity contribution >= 4 is 23.2 Å². The van der Waals surface area contributed by atoms with Crippen LogP contribution >= 0.6 is 23.2 Å². The quantitative estimate of drug-likeness (QED) is 0.830. The second-order valence-electron chi connectivity index (χ2n) is 5.53. The Morgan fingerprint density at radius 3 is 2.62 bits per heavy atom. The SMILES string of the molecule is CCN(CC)CCCN1Cc2c(ccc(Cl)c2Cl)C1CN. The van der Waals surface area contributed by atoms with E-state index in [0.29, 0.717) is 16.6 Å². The Morgan fingerprint density at radius 1 is 1.29 bits per heavy atom. The van der Waals surface area contributed by atoms with Crippen LogP contribution in [0.2, 0.25) is 10.0 Å². The van der Waals surface area contributed by atoms with E-state index in [0.717, 1.165) is 44.7 Å². The summed E-state index contributed by atoms with van der Waals surface area (Å²) in [7, 11) is 0. The summed E-state index contributed by atoms with van der Waals surface area (Å²) in [6, 6.07) is 4.22.